The van der Waals surface area contributed by atoms with Crippen molar-refractivity contribution < 1.29 is 39.0 Å². The van der Waals surface area contributed by atoms with E-state index >= 15 is 0 Å². The van der Waals surface area contributed by atoms with E-state index in [0.29, 0.717) is 0 Å². The van der Waals surface area contributed by atoms with Gasteiger partial charge in [-0.15, -0.1) is 0 Å². The van der Waals surface area contributed by atoms with Crippen LogP contribution in [0.3, 0.4) is 0 Å². The normalized spacial score (nSPS) is 14.0. The highest BCUT2D eigenvalue weighted by molar-refractivity contribution is 5.95. The van der Waals surface area contributed by atoms with E-state index in [1.54, 1.807) is 13.8 Å². The average Bonchev–Trinajstić information content (AvgIpc) is 2.76. The number of aliphatic imine (C=N–C) groups is 1. The highest BCUT2D eigenvalue weighted by Gasteiger charge is 2.31. The number of nitrogens with two attached hydrogens (primary N) is 4. The SMILES string of the molecule is CC(C)C(N)C(=O)NC(CCC(N)=O)C(=O)NC(CCCN=C(N)N)C(=O)NC(CC(=O)O)C(=O)O. The van der Waals surface area contributed by atoms with Gasteiger partial charge in [-0.05, 0) is 25.2 Å². The molecule has 0 saturated carbocycles. The maximum absolute atomic E-state index is 13.0. The summed E-state index contributed by atoms with van der Waals surface area (Å²) in [5.41, 5.74) is 21.5. The van der Waals surface area contributed by atoms with Gasteiger partial charge >= 0.3 is 11.9 Å². The Balaban J connectivity index is 5.72. The number of carboxylic acid groups (broad SMARTS) is 2. The molecule has 0 aliphatic heterocycles. The van der Waals surface area contributed by atoms with Crippen LogP contribution in [-0.2, 0) is 28.8 Å². The molecule has 4 unspecified atom stereocenters. The van der Waals surface area contributed by atoms with Crippen molar-refractivity contribution in [2.75, 3.05) is 6.54 Å². The summed E-state index contributed by atoms with van der Waals surface area (Å²) in [7, 11) is 0. The number of primary amides is 1. The first kappa shape index (κ1) is 32.0. The quantitative estimate of drug-likeness (QED) is 0.0514. The molecule has 13 N–H and O–H groups in total. The van der Waals surface area contributed by atoms with Crippen molar-refractivity contribution in [1.29, 1.82) is 0 Å². The number of amides is 4. The van der Waals surface area contributed by atoms with Crippen LogP contribution in [0, 0.1) is 5.92 Å². The first-order valence-electron chi connectivity index (χ1n) is 11.1. The molecule has 0 aliphatic rings. The molecule has 16 nitrogen and oxygen atoms in total. The van der Waals surface area contributed by atoms with Crippen LogP contribution in [-0.4, -0.2) is 82.5 Å². The predicted octanol–water partition coefficient (Wildman–Crippen LogP) is -3.70. The Morgan fingerprint density at radius 1 is 0.806 bits per heavy atom. The minimum atomic E-state index is -1.76. The molecule has 0 aromatic heterocycles. The van der Waals surface area contributed by atoms with Crippen molar-refractivity contribution in [1.82, 2.24) is 16.0 Å². The predicted molar refractivity (Wildman–Crippen MR) is 127 cm³/mol. The monoisotopic (exact) mass is 516 g/mol. The smallest absolute Gasteiger partial charge is 0.326 e. The lowest BCUT2D eigenvalue weighted by Crippen LogP contribution is -2.57. The maximum Gasteiger partial charge on any atom is 0.326 e. The molecule has 0 fully saturated rings. The van der Waals surface area contributed by atoms with E-state index in [-0.39, 0.29) is 44.1 Å². The van der Waals surface area contributed by atoms with E-state index in [1.807, 2.05) is 0 Å². The van der Waals surface area contributed by atoms with Gasteiger partial charge in [-0.3, -0.25) is 29.0 Å². The summed E-state index contributed by atoms with van der Waals surface area (Å²) in [6.45, 7) is 3.45. The molecular formula is C20H36N8O8. The van der Waals surface area contributed by atoms with E-state index < -0.39 is 66.2 Å². The molecule has 0 saturated heterocycles. The lowest BCUT2D eigenvalue weighted by Gasteiger charge is -2.25. The fourth-order valence-corrected chi connectivity index (χ4v) is 2.82. The van der Waals surface area contributed by atoms with Gasteiger partial charge in [0.2, 0.25) is 23.6 Å². The Hall–Kier alpha value is -3.95. The van der Waals surface area contributed by atoms with Gasteiger partial charge in [0.05, 0.1) is 12.5 Å². The zero-order valence-corrected chi connectivity index (χ0v) is 20.2. The first-order chi connectivity index (χ1) is 16.6. The molecule has 0 aromatic rings. The van der Waals surface area contributed by atoms with Gasteiger partial charge in [-0.2, -0.15) is 0 Å². The Labute approximate surface area is 207 Å². The molecule has 0 radical (unpaired) electrons. The van der Waals surface area contributed by atoms with E-state index in [2.05, 4.69) is 20.9 Å². The third-order valence-electron chi connectivity index (χ3n) is 4.90. The second kappa shape index (κ2) is 15.9. The topological polar surface area (TPSA) is 295 Å². The van der Waals surface area contributed by atoms with Crippen LogP contribution in [0.1, 0.15) is 46.0 Å². The van der Waals surface area contributed by atoms with Gasteiger partial charge in [-0.25, -0.2) is 4.79 Å². The van der Waals surface area contributed by atoms with Crippen LogP contribution in [0.2, 0.25) is 0 Å². The standard InChI is InChI=1S/C20H36N8O8/c1-9(2)15(22)18(34)27-11(5-6-13(21)29)17(33)26-10(4-3-7-25-20(23)24)16(32)28-12(19(35)36)8-14(30)31/h9-12,15H,3-8,22H2,1-2H3,(H2,21,29)(H,26,33)(H,27,34)(H,28,32)(H,30,31)(H,35,36)(H4,23,24,25). The Morgan fingerprint density at radius 3 is 1.75 bits per heavy atom. The average molecular weight is 517 g/mol. The maximum atomic E-state index is 13.0. The van der Waals surface area contributed by atoms with Gasteiger partial charge in [0, 0.05) is 13.0 Å². The molecule has 204 valence electrons. The van der Waals surface area contributed by atoms with Crippen molar-refractivity contribution in [3.8, 4) is 0 Å². The molecule has 4 atom stereocenters. The Morgan fingerprint density at radius 2 is 1.31 bits per heavy atom. The number of carbonyl (C=O) groups excluding carboxylic acids is 4. The number of aliphatic carboxylic acids is 2. The molecule has 36 heavy (non-hydrogen) atoms. The number of guanidine groups is 1. The lowest BCUT2D eigenvalue weighted by atomic mass is 10.0. The third kappa shape index (κ3) is 13.1. The summed E-state index contributed by atoms with van der Waals surface area (Å²) in [6, 6.07) is -5.37. The second-order valence-corrected chi connectivity index (χ2v) is 8.34. The number of rotatable bonds is 17. The summed E-state index contributed by atoms with van der Waals surface area (Å²) < 4.78 is 0. The fraction of sp³-hybridized carbons (Fsp3) is 0.650. The van der Waals surface area contributed by atoms with Crippen molar-refractivity contribution in [2.24, 2.45) is 33.8 Å². The third-order valence-corrected chi connectivity index (χ3v) is 4.90. The van der Waals surface area contributed by atoms with Gasteiger partial charge < -0.3 is 49.1 Å². The van der Waals surface area contributed by atoms with E-state index in [9.17, 15) is 33.9 Å². The summed E-state index contributed by atoms with van der Waals surface area (Å²) in [5, 5.41) is 25.0. The zero-order chi connectivity index (χ0) is 28.0. The van der Waals surface area contributed by atoms with Crippen LogP contribution in [0.15, 0.2) is 4.99 Å². The lowest BCUT2D eigenvalue weighted by molar-refractivity contribution is -0.147. The summed E-state index contributed by atoms with van der Waals surface area (Å²) >= 11 is 0. The van der Waals surface area contributed by atoms with Crippen molar-refractivity contribution in [3.05, 3.63) is 0 Å². The largest absolute Gasteiger partial charge is 0.481 e. The number of nitrogens with zero attached hydrogens (tertiary/aromatic N) is 1. The summed E-state index contributed by atoms with van der Waals surface area (Å²) in [4.78, 5) is 75.4. The minimum absolute atomic E-state index is 0.0737. The Bertz CT molecular complexity index is 844. The molecule has 0 aromatic carbocycles. The second-order valence-electron chi connectivity index (χ2n) is 8.34. The fourth-order valence-electron chi connectivity index (χ4n) is 2.82. The number of hydrogen-bond acceptors (Lipinski definition) is 8. The summed E-state index contributed by atoms with van der Waals surface area (Å²) in [5.74, 6) is -6.79. The molecule has 0 bridgehead atoms. The van der Waals surface area contributed by atoms with Crippen molar-refractivity contribution in [2.45, 2.75) is 70.1 Å². The van der Waals surface area contributed by atoms with E-state index in [4.69, 9.17) is 28.0 Å². The van der Waals surface area contributed by atoms with Crippen LogP contribution >= 0.6 is 0 Å². The molecular weight excluding hydrogens is 480 g/mol. The van der Waals surface area contributed by atoms with Crippen LogP contribution < -0.4 is 38.9 Å². The number of hydrogen-bond donors (Lipinski definition) is 9. The van der Waals surface area contributed by atoms with Crippen LogP contribution in [0.25, 0.3) is 0 Å². The van der Waals surface area contributed by atoms with Gasteiger partial charge in [0.1, 0.15) is 18.1 Å². The highest BCUT2D eigenvalue weighted by Crippen LogP contribution is 2.06. The number of carboxylic acids is 2. The summed E-state index contributed by atoms with van der Waals surface area (Å²) in [6.07, 6.45) is -1.27. The molecule has 0 rings (SSSR count). The first-order valence-corrected chi connectivity index (χ1v) is 11.1. The number of carbonyl (C=O) groups is 6. The molecule has 0 aliphatic carbocycles. The molecule has 0 heterocycles. The molecule has 0 spiro atoms. The molecule has 4 amide bonds. The highest BCUT2D eigenvalue weighted by atomic mass is 16.4. The van der Waals surface area contributed by atoms with Crippen molar-refractivity contribution in [3.63, 3.8) is 0 Å². The van der Waals surface area contributed by atoms with E-state index in [1.165, 1.54) is 0 Å². The van der Waals surface area contributed by atoms with Gasteiger partial charge in [-0.1, -0.05) is 13.8 Å². The van der Waals surface area contributed by atoms with Gasteiger partial charge in [0.15, 0.2) is 5.96 Å². The van der Waals surface area contributed by atoms with Gasteiger partial charge in [0.25, 0.3) is 0 Å². The number of nitrogens with one attached hydrogen (secondary N) is 3. The minimum Gasteiger partial charge on any atom is -0.481 e. The van der Waals surface area contributed by atoms with Crippen molar-refractivity contribution >= 4 is 41.5 Å². The van der Waals surface area contributed by atoms with E-state index in [0.717, 1.165) is 0 Å². The van der Waals surface area contributed by atoms with Crippen LogP contribution in [0.5, 0.6) is 0 Å². The zero-order valence-electron chi connectivity index (χ0n) is 20.2. The van der Waals surface area contributed by atoms with Crippen LogP contribution in [0.4, 0.5) is 0 Å². The molecule has 16 heteroatoms. The Kier molecular flexibility index (Phi) is 14.1.